The third kappa shape index (κ3) is 1.12. The molecule has 0 aliphatic carbocycles. The van der Waals surface area contributed by atoms with Crippen molar-refractivity contribution in [2.75, 3.05) is 13.2 Å². The molecule has 5 heteroatoms. The summed E-state index contributed by atoms with van der Waals surface area (Å²) in [4.78, 5) is 4.05. The SMILES string of the molecule is OC1(c2ncsc2Br)COC1. The zero-order chi connectivity index (χ0) is 7.90. The highest BCUT2D eigenvalue weighted by atomic mass is 79.9. The largest absolute Gasteiger partial charge is 0.379 e. The Kier molecular flexibility index (Phi) is 1.75. The fourth-order valence-corrected chi connectivity index (χ4v) is 2.29. The summed E-state index contributed by atoms with van der Waals surface area (Å²) >= 11 is 4.79. The summed E-state index contributed by atoms with van der Waals surface area (Å²) in [5, 5.41) is 9.74. The van der Waals surface area contributed by atoms with Crippen LogP contribution in [0.15, 0.2) is 9.30 Å². The number of hydrogen-bond acceptors (Lipinski definition) is 4. The van der Waals surface area contributed by atoms with Gasteiger partial charge in [0.2, 0.25) is 0 Å². The van der Waals surface area contributed by atoms with Crippen molar-refractivity contribution in [1.82, 2.24) is 4.98 Å². The van der Waals surface area contributed by atoms with E-state index in [9.17, 15) is 5.11 Å². The molecule has 0 amide bonds. The van der Waals surface area contributed by atoms with Crippen molar-refractivity contribution in [2.24, 2.45) is 0 Å². The zero-order valence-electron chi connectivity index (χ0n) is 5.58. The van der Waals surface area contributed by atoms with E-state index >= 15 is 0 Å². The van der Waals surface area contributed by atoms with Crippen LogP contribution in [0.25, 0.3) is 0 Å². The maximum atomic E-state index is 9.74. The molecular weight excluding hydrogens is 230 g/mol. The lowest BCUT2D eigenvalue weighted by atomic mass is 9.99. The maximum Gasteiger partial charge on any atom is 0.155 e. The molecular formula is C6H6BrNO2S. The van der Waals surface area contributed by atoms with Gasteiger partial charge in [0.25, 0.3) is 0 Å². The first-order valence-electron chi connectivity index (χ1n) is 3.12. The molecule has 1 N–H and O–H groups in total. The minimum atomic E-state index is -0.834. The Hall–Kier alpha value is 0.0300. The van der Waals surface area contributed by atoms with E-state index in [0.29, 0.717) is 18.9 Å². The van der Waals surface area contributed by atoms with Gasteiger partial charge in [0.1, 0.15) is 5.69 Å². The van der Waals surface area contributed by atoms with Crippen molar-refractivity contribution in [3.8, 4) is 0 Å². The van der Waals surface area contributed by atoms with Crippen LogP contribution in [-0.4, -0.2) is 23.3 Å². The third-order valence-electron chi connectivity index (χ3n) is 1.65. The number of aromatic nitrogens is 1. The molecule has 2 rings (SSSR count). The van der Waals surface area contributed by atoms with Crippen LogP contribution in [0.5, 0.6) is 0 Å². The van der Waals surface area contributed by atoms with Gasteiger partial charge in [-0.2, -0.15) is 0 Å². The van der Waals surface area contributed by atoms with Gasteiger partial charge in [0.15, 0.2) is 5.60 Å². The molecule has 2 heterocycles. The van der Waals surface area contributed by atoms with Crippen LogP contribution in [0.4, 0.5) is 0 Å². The highest BCUT2D eigenvalue weighted by Gasteiger charge is 2.41. The van der Waals surface area contributed by atoms with Gasteiger partial charge in [-0.3, -0.25) is 0 Å². The number of thiazole rings is 1. The van der Waals surface area contributed by atoms with Gasteiger partial charge in [-0.05, 0) is 15.9 Å². The van der Waals surface area contributed by atoms with Crippen LogP contribution >= 0.6 is 27.3 Å². The normalized spacial score (nSPS) is 21.3. The summed E-state index contributed by atoms with van der Waals surface area (Å²) in [6, 6.07) is 0. The average molecular weight is 236 g/mol. The zero-order valence-corrected chi connectivity index (χ0v) is 7.98. The highest BCUT2D eigenvalue weighted by Crippen LogP contribution is 2.35. The Morgan fingerprint density at radius 2 is 2.45 bits per heavy atom. The molecule has 1 aromatic heterocycles. The van der Waals surface area contributed by atoms with E-state index in [-0.39, 0.29) is 0 Å². The number of ether oxygens (including phenoxy) is 1. The predicted molar refractivity (Wildman–Crippen MR) is 44.5 cm³/mol. The first kappa shape index (κ1) is 7.67. The molecule has 1 aliphatic heterocycles. The summed E-state index contributed by atoms with van der Waals surface area (Å²) in [5.74, 6) is 0. The topological polar surface area (TPSA) is 42.4 Å². The Bertz CT molecular complexity index is 271. The van der Waals surface area contributed by atoms with E-state index in [1.165, 1.54) is 11.3 Å². The van der Waals surface area contributed by atoms with Crippen molar-refractivity contribution in [3.63, 3.8) is 0 Å². The molecule has 1 aliphatic rings. The van der Waals surface area contributed by atoms with E-state index in [4.69, 9.17) is 4.74 Å². The Morgan fingerprint density at radius 3 is 2.82 bits per heavy atom. The molecule has 60 valence electrons. The summed E-state index contributed by atoms with van der Waals surface area (Å²) in [6.45, 7) is 0.713. The standard InChI is InChI=1S/C6H6BrNO2S/c7-5-4(8-3-11-5)6(9)1-10-2-6/h3,9H,1-2H2. The van der Waals surface area contributed by atoms with Crippen LogP contribution in [0.3, 0.4) is 0 Å². The molecule has 0 spiro atoms. The van der Waals surface area contributed by atoms with Crippen LogP contribution < -0.4 is 0 Å². The van der Waals surface area contributed by atoms with Crippen LogP contribution in [0, 0.1) is 0 Å². The Labute approximate surface area is 76.2 Å². The van der Waals surface area contributed by atoms with E-state index in [1.807, 2.05) is 0 Å². The van der Waals surface area contributed by atoms with E-state index < -0.39 is 5.60 Å². The van der Waals surface area contributed by atoms with Crippen molar-refractivity contribution >= 4 is 27.3 Å². The quantitative estimate of drug-likeness (QED) is 0.794. The second kappa shape index (κ2) is 2.52. The number of aliphatic hydroxyl groups is 1. The fourth-order valence-electron chi connectivity index (χ4n) is 0.967. The number of hydrogen-bond donors (Lipinski definition) is 1. The van der Waals surface area contributed by atoms with Crippen molar-refractivity contribution in [3.05, 3.63) is 15.0 Å². The molecule has 0 aromatic carbocycles. The molecule has 3 nitrogen and oxygen atoms in total. The van der Waals surface area contributed by atoms with Gasteiger partial charge in [-0.1, -0.05) is 0 Å². The van der Waals surface area contributed by atoms with Gasteiger partial charge in [-0.25, -0.2) is 4.98 Å². The summed E-state index contributed by atoms with van der Waals surface area (Å²) < 4.78 is 5.80. The van der Waals surface area contributed by atoms with E-state index in [1.54, 1.807) is 5.51 Å². The van der Waals surface area contributed by atoms with Crippen LogP contribution in [0.1, 0.15) is 5.69 Å². The maximum absolute atomic E-state index is 9.74. The second-order valence-electron chi connectivity index (χ2n) is 2.50. The van der Waals surface area contributed by atoms with Crippen molar-refractivity contribution in [2.45, 2.75) is 5.60 Å². The second-order valence-corrected chi connectivity index (χ2v) is 4.67. The minimum Gasteiger partial charge on any atom is -0.379 e. The first-order chi connectivity index (χ1) is 5.22. The third-order valence-corrected chi connectivity index (χ3v) is 3.19. The van der Waals surface area contributed by atoms with Crippen LogP contribution in [-0.2, 0) is 10.3 Å². The molecule has 0 bridgehead atoms. The van der Waals surface area contributed by atoms with Crippen molar-refractivity contribution < 1.29 is 9.84 Å². The molecule has 1 aromatic rings. The van der Waals surface area contributed by atoms with Crippen molar-refractivity contribution in [1.29, 1.82) is 0 Å². The Balaban J connectivity index is 2.35. The van der Waals surface area contributed by atoms with Crippen LogP contribution in [0.2, 0.25) is 0 Å². The molecule has 0 saturated carbocycles. The average Bonchev–Trinajstić information content (AvgIpc) is 2.30. The molecule has 0 unspecified atom stereocenters. The summed E-state index contributed by atoms with van der Waals surface area (Å²) in [6.07, 6.45) is 0. The lowest BCUT2D eigenvalue weighted by Crippen LogP contribution is -2.47. The van der Waals surface area contributed by atoms with Gasteiger partial charge in [0, 0.05) is 0 Å². The molecule has 1 saturated heterocycles. The van der Waals surface area contributed by atoms with Gasteiger partial charge in [-0.15, -0.1) is 11.3 Å². The lowest BCUT2D eigenvalue weighted by molar-refractivity contribution is -0.187. The Morgan fingerprint density at radius 1 is 1.73 bits per heavy atom. The smallest absolute Gasteiger partial charge is 0.155 e. The molecule has 0 atom stereocenters. The highest BCUT2D eigenvalue weighted by molar-refractivity contribution is 9.11. The molecule has 1 fully saturated rings. The lowest BCUT2D eigenvalue weighted by Gasteiger charge is -2.34. The molecule has 0 radical (unpaired) electrons. The monoisotopic (exact) mass is 235 g/mol. The predicted octanol–water partition coefficient (Wildman–Crippen LogP) is 1.12. The van der Waals surface area contributed by atoms with Gasteiger partial charge in [0.05, 0.1) is 22.5 Å². The number of rotatable bonds is 1. The fraction of sp³-hybridized carbons (Fsp3) is 0.500. The number of halogens is 1. The first-order valence-corrected chi connectivity index (χ1v) is 4.79. The van der Waals surface area contributed by atoms with Gasteiger partial charge >= 0.3 is 0 Å². The summed E-state index contributed by atoms with van der Waals surface area (Å²) in [7, 11) is 0. The molecule has 11 heavy (non-hydrogen) atoms. The van der Waals surface area contributed by atoms with Gasteiger partial charge < -0.3 is 9.84 Å². The van der Waals surface area contributed by atoms with E-state index in [2.05, 4.69) is 20.9 Å². The minimum absolute atomic E-state index is 0.356. The summed E-state index contributed by atoms with van der Waals surface area (Å²) in [5.41, 5.74) is 1.57. The van der Waals surface area contributed by atoms with E-state index in [0.717, 1.165) is 3.79 Å². The number of nitrogens with zero attached hydrogens (tertiary/aromatic N) is 1.